The summed E-state index contributed by atoms with van der Waals surface area (Å²) in [6.07, 6.45) is 3.19. The van der Waals surface area contributed by atoms with Crippen molar-refractivity contribution < 1.29 is 19.7 Å². The first-order valence-corrected chi connectivity index (χ1v) is 9.09. The summed E-state index contributed by atoms with van der Waals surface area (Å²) in [5.74, 6) is 1.60. The molecule has 4 heteroatoms. The fraction of sp³-hybridized carbons (Fsp3) is 0.429. The van der Waals surface area contributed by atoms with Crippen LogP contribution in [-0.4, -0.2) is 41.2 Å². The van der Waals surface area contributed by atoms with Gasteiger partial charge >= 0.3 is 0 Å². The predicted molar refractivity (Wildman–Crippen MR) is 97.9 cm³/mol. The summed E-state index contributed by atoms with van der Waals surface area (Å²) in [5, 5.41) is 20.0. The number of aromatic hydroxyl groups is 1. The van der Waals surface area contributed by atoms with Crippen LogP contribution in [0.15, 0.2) is 48.5 Å². The van der Waals surface area contributed by atoms with Gasteiger partial charge < -0.3 is 9.84 Å². The van der Waals surface area contributed by atoms with Crippen molar-refractivity contribution in [2.75, 3.05) is 26.2 Å². The summed E-state index contributed by atoms with van der Waals surface area (Å²) in [4.78, 5) is 0. The van der Waals surface area contributed by atoms with E-state index >= 15 is 0 Å². The number of hydroxylamine groups is 3. The normalized spacial score (nSPS) is 23.4. The van der Waals surface area contributed by atoms with Crippen molar-refractivity contribution in [3.05, 3.63) is 59.7 Å². The third-order valence-corrected chi connectivity index (χ3v) is 5.17. The minimum atomic E-state index is 0.0997. The van der Waals surface area contributed by atoms with E-state index in [2.05, 4.69) is 31.2 Å². The summed E-state index contributed by atoms with van der Waals surface area (Å²) < 4.78 is 5.78. The molecule has 134 valence electrons. The quantitative estimate of drug-likeness (QED) is 0.782. The van der Waals surface area contributed by atoms with Gasteiger partial charge in [0.15, 0.2) is 0 Å². The van der Waals surface area contributed by atoms with E-state index in [0.717, 1.165) is 38.1 Å². The Hall–Kier alpha value is -2.04. The number of benzene rings is 2. The Bertz CT molecular complexity index is 659. The van der Waals surface area contributed by atoms with Crippen LogP contribution in [0.2, 0.25) is 0 Å². The molecule has 0 saturated carbocycles. The first-order valence-electron chi connectivity index (χ1n) is 9.09. The zero-order chi connectivity index (χ0) is 17.7. The highest BCUT2D eigenvalue weighted by molar-refractivity contribution is 5.30. The maximum Gasteiger partial charge on any atom is 0.143 e. The van der Waals surface area contributed by atoms with Crippen molar-refractivity contribution in [2.24, 2.45) is 5.92 Å². The average Bonchev–Trinajstić information content (AvgIpc) is 2.61. The van der Waals surface area contributed by atoms with Crippen LogP contribution < -0.4 is 4.74 Å². The molecule has 4 nitrogen and oxygen atoms in total. The van der Waals surface area contributed by atoms with E-state index in [-0.39, 0.29) is 10.4 Å². The second-order valence-electron chi connectivity index (χ2n) is 7.24. The van der Waals surface area contributed by atoms with Gasteiger partial charge in [-0.2, -0.15) is 4.65 Å². The smallest absolute Gasteiger partial charge is 0.143 e. The van der Waals surface area contributed by atoms with Crippen LogP contribution in [0, 0.1) is 12.8 Å². The lowest BCUT2D eigenvalue weighted by atomic mass is 9.89. The highest BCUT2D eigenvalue weighted by Crippen LogP contribution is 2.25. The van der Waals surface area contributed by atoms with Crippen LogP contribution in [0.5, 0.6) is 11.5 Å². The van der Waals surface area contributed by atoms with Crippen molar-refractivity contribution in [3.8, 4) is 11.5 Å². The zero-order valence-electron chi connectivity index (χ0n) is 14.9. The van der Waals surface area contributed by atoms with Gasteiger partial charge in [-0.3, -0.25) is 0 Å². The maximum absolute atomic E-state index is 10.7. The highest BCUT2D eigenvalue weighted by Gasteiger charge is 2.32. The van der Waals surface area contributed by atoms with Crippen LogP contribution >= 0.6 is 0 Å². The van der Waals surface area contributed by atoms with Gasteiger partial charge in [-0.1, -0.05) is 29.8 Å². The Morgan fingerprint density at radius 2 is 1.64 bits per heavy atom. The summed E-state index contributed by atoms with van der Waals surface area (Å²) in [7, 11) is 0. The lowest BCUT2D eigenvalue weighted by Crippen LogP contribution is -2.52. The Kier molecular flexibility index (Phi) is 5.61. The SMILES string of the molecule is Cc1ccc(CC2CC[N+](O)(CCOc3ccc(O)cc3)CC2)cc1. The molecule has 2 N–H and O–H groups in total. The molecule has 0 amide bonds. The number of hydrogen-bond donors (Lipinski definition) is 2. The molecule has 25 heavy (non-hydrogen) atoms. The predicted octanol–water partition coefficient (Wildman–Crippen LogP) is 3.94. The minimum absolute atomic E-state index is 0.0997. The van der Waals surface area contributed by atoms with Crippen molar-refractivity contribution in [1.29, 1.82) is 0 Å². The first-order chi connectivity index (χ1) is 12.0. The van der Waals surface area contributed by atoms with Gasteiger partial charge in [0, 0.05) is 12.8 Å². The fourth-order valence-electron chi connectivity index (χ4n) is 3.46. The summed E-state index contributed by atoms with van der Waals surface area (Å²) in [6.45, 7) is 4.76. The highest BCUT2D eigenvalue weighted by atomic mass is 16.6. The summed E-state index contributed by atoms with van der Waals surface area (Å²) >= 11 is 0. The van der Waals surface area contributed by atoms with Gasteiger partial charge in [-0.05, 0) is 49.1 Å². The average molecular weight is 342 g/mol. The van der Waals surface area contributed by atoms with Crippen molar-refractivity contribution >= 4 is 0 Å². The molecule has 2 aromatic rings. The Balaban J connectivity index is 1.42. The molecule has 0 radical (unpaired) electrons. The fourth-order valence-corrected chi connectivity index (χ4v) is 3.46. The molecule has 1 aliphatic heterocycles. The van der Waals surface area contributed by atoms with Gasteiger partial charge in [-0.15, -0.1) is 0 Å². The van der Waals surface area contributed by atoms with Gasteiger partial charge in [-0.25, -0.2) is 5.21 Å². The molecular formula is C21H28NO3+. The van der Waals surface area contributed by atoms with Gasteiger partial charge in [0.25, 0.3) is 0 Å². The van der Waals surface area contributed by atoms with E-state index < -0.39 is 0 Å². The number of likely N-dealkylation sites (tertiary alicyclic amines) is 1. The topological polar surface area (TPSA) is 49.7 Å². The van der Waals surface area contributed by atoms with Crippen molar-refractivity contribution in [1.82, 2.24) is 0 Å². The van der Waals surface area contributed by atoms with Crippen molar-refractivity contribution in [3.63, 3.8) is 0 Å². The van der Waals surface area contributed by atoms with Crippen LogP contribution in [0.3, 0.4) is 0 Å². The van der Waals surface area contributed by atoms with E-state index in [4.69, 9.17) is 4.74 Å². The van der Waals surface area contributed by atoms with Crippen LogP contribution in [-0.2, 0) is 6.42 Å². The Morgan fingerprint density at radius 3 is 2.28 bits per heavy atom. The molecule has 0 bridgehead atoms. The molecule has 1 fully saturated rings. The minimum Gasteiger partial charge on any atom is -0.508 e. The van der Waals surface area contributed by atoms with E-state index in [9.17, 15) is 10.3 Å². The number of aryl methyl sites for hydroxylation is 1. The molecular weight excluding hydrogens is 314 g/mol. The number of hydrogen-bond acceptors (Lipinski definition) is 3. The first kappa shape index (κ1) is 17.8. The van der Waals surface area contributed by atoms with Gasteiger partial charge in [0.05, 0.1) is 0 Å². The van der Waals surface area contributed by atoms with E-state index in [1.165, 1.54) is 11.1 Å². The van der Waals surface area contributed by atoms with E-state index in [0.29, 0.717) is 19.1 Å². The number of ether oxygens (including phenoxy) is 1. The molecule has 1 aliphatic rings. The second-order valence-corrected chi connectivity index (χ2v) is 7.24. The number of phenolic OH excluding ortho intramolecular Hbond substituents is 1. The number of quaternary nitrogens is 1. The van der Waals surface area contributed by atoms with E-state index in [1.807, 2.05) is 0 Å². The second kappa shape index (κ2) is 7.89. The van der Waals surface area contributed by atoms with Crippen LogP contribution in [0.4, 0.5) is 0 Å². The molecule has 1 saturated heterocycles. The monoisotopic (exact) mass is 342 g/mol. The third-order valence-electron chi connectivity index (χ3n) is 5.17. The molecule has 3 rings (SSSR count). The number of nitrogens with zero attached hydrogens (tertiary/aromatic N) is 1. The third kappa shape index (κ3) is 5.21. The van der Waals surface area contributed by atoms with E-state index in [1.54, 1.807) is 24.3 Å². The lowest BCUT2D eigenvalue weighted by molar-refractivity contribution is -1.11. The molecule has 0 aromatic heterocycles. The zero-order valence-corrected chi connectivity index (χ0v) is 14.9. The van der Waals surface area contributed by atoms with Gasteiger partial charge in [0.2, 0.25) is 0 Å². The maximum atomic E-state index is 10.7. The molecule has 0 atom stereocenters. The molecule has 0 unspecified atom stereocenters. The molecule has 0 aliphatic carbocycles. The lowest BCUT2D eigenvalue weighted by Gasteiger charge is -2.36. The largest absolute Gasteiger partial charge is 0.508 e. The van der Waals surface area contributed by atoms with Crippen LogP contribution in [0.1, 0.15) is 24.0 Å². The summed E-state index contributed by atoms with van der Waals surface area (Å²) in [6, 6.07) is 15.5. The van der Waals surface area contributed by atoms with Gasteiger partial charge in [0.1, 0.15) is 37.7 Å². The number of phenols is 1. The number of piperidine rings is 1. The van der Waals surface area contributed by atoms with Crippen molar-refractivity contribution in [2.45, 2.75) is 26.2 Å². The molecule has 2 aromatic carbocycles. The Morgan fingerprint density at radius 1 is 1.00 bits per heavy atom. The molecule has 1 heterocycles. The number of rotatable bonds is 6. The summed E-state index contributed by atoms with van der Waals surface area (Å²) in [5.41, 5.74) is 2.69. The standard InChI is InChI=1S/C21H27NO3/c1-17-2-4-18(5-3-17)16-19-10-12-22(24,13-11-19)14-15-25-21-8-6-20(23)7-9-21/h2-9,19,24H,10-16H2,1H3/p+1. The molecule has 0 spiro atoms. The van der Waals surface area contributed by atoms with Crippen LogP contribution in [0.25, 0.3) is 0 Å². The Labute approximate surface area is 149 Å².